The van der Waals surface area contributed by atoms with Crippen LogP contribution in [0.3, 0.4) is 0 Å². The number of anilines is 1. The summed E-state index contributed by atoms with van der Waals surface area (Å²) < 4.78 is 0. The van der Waals surface area contributed by atoms with Gasteiger partial charge in [-0.1, -0.05) is 17.9 Å². The second kappa shape index (κ2) is 7.08. The second-order valence-corrected chi connectivity index (χ2v) is 4.75. The van der Waals surface area contributed by atoms with Gasteiger partial charge in [-0.15, -0.1) is 0 Å². The number of piperidine rings is 1. The summed E-state index contributed by atoms with van der Waals surface area (Å²) in [7, 11) is 1.96. The molecule has 0 unspecified atom stereocenters. The molecule has 1 heterocycles. The molecule has 18 heavy (non-hydrogen) atoms. The van der Waals surface area contributed by atoms with Crippen LogP contribution in [0.5, 0.6) is 0 Å². The zero-order chi connectivity index (χ0) is 12.6. The van der Waals surface area contributed by atoms with Crippen LogP contribution in [-0.4, -0.2) is 26.7 Å². The molecule has 1 aromatic carbocycles. The Bertz CT molecular complexity index is 422. The molecule has 0 aromatic heterocycles. The fraction of sp³-hybridized carbons (Fsp3) is 0.500. The number of nitrogens with one attached hydrogen (secondary N) is 1. The van der Waals surface area contributed by atoms with Crippen molar-refractivity contribution in [3.63, 3.8) is 0 Å². The molecule has 1 aromatic rings. The number of hydrogen-bond donors (Lipinski definition) is 1. The third-order valence-electron chi connectivity index (χ3n) is 3.30. The molecule has 2 nitrogen and oxygen atoms in total. The van der Waals surface area contributed by atoms with Crippen LogP contribution in [0.15, 0.2) is 24.3 Å². The van der Waals surface area contributed by atoms with Crippen LogP contribution >= 0.6 is 0 Å². The highest BCUT2D eigenvalue weighted by molar-refractivity contribution is 5.52. The Labute approximate surface area is 110 Å². The Morgan fingerprint density at radius 2 is 2.06 bits per heavy atom. The Morgan fingerprint density at radius 1 is 1.22 bits per heavy atom. The predicted octanol–water partition coefficient (Wildman–Crippen LogP) is 2.64. The van der Waals surface area contributed by atoms with Crippen molar-refractivity contribution in [3.05, 3.63) is 29.8 Å². The maximum Gasteiger partial charge on any atom is 0.0378 e. The Hall–Kier alpha value is -1.46. The van der Waals surface area contributed by atoms with E-state index in [-0.39, 0.29) is 0 Å². The van der Waals surface area contributed by atoms with Gasteiger partial charge in [0, 0.05) is 37.3 Å². The van der Waals surface area contributed by atoms with Gasteiger partial charge >= 0.3 is 0 Å². The minimum absolute atomic E-state index is 0.907. The van der Waals surface area contributed by atoms with E-state index in [2.05, 4.69) is 46.3 Å². The maximum atomic E-state index is 3.24. The highest BCUT2D eigenvalue weighted by atomic mass is 15.1. The van der Waals surface area contributed by atoms with Crippen molar-refractivity contribution in [2.24, 2.45) is 0 Å². The average Bonchev–Trinajstić information content (AvgIpc) is 2.45. The quantitative estimate of drug-likeness (QED) is 0.647. The molecule has 0 amide bonds. The molecule has 96 valence electrons. The molecule has 1 fully saturated rings. The van der Waals surface area contributed by atoms with E-state index in [1.807, 2.05) is 7.05 Å². The highest BCUT2D eigenvalue weighted by Gasteiger charge is 2.10. The smallest absolute Gasteiger partial charge is 0.0378 e. The topological polar surface area (TPSA) is 15.3 Å². The first kappa shape index (κ1) is 13.0. The van der Waals surface area contributed by atoms with Crippen LogP contribution in [0.1, 0.15) is 31.2 Å². The van der Waals surface area contributed by atoms with E-state index in [1.165, 1.54) is 38.0 Å². The van der Waals surface area contributed by atoms with E-state index in [9.17, 15) is 0 Å². The SMILES string of the molecule is CNCCC#Cc1cccc(N2CCCCC2)c1. The lowest BCUT2D eigenvalue weighted by atomic mass is 10.1. The number of hydrogen-bond acceptors (Lipinski definition) is 2. The summed E-state index contributed by atoms with van der Waals surface area (Å²) in [5.74, 6) is 6.44. The monoisotopic (exact) mass is 242 g/mol. The standard InChI is InChI=1S/C16H22N2/c1-17-11-4-3-8-15-9-7-10-16(14-15)18-12-5-2-6-13-18/h7,9-10,14,17H,2,4-6,11-13H2,1H3. The van der Waals surface area contributed by atoms with E-state index in [1.54, 1.807) is 0 Å². The zero-order valence-corrected chi connectivity index (χ0v) is 11.2. The first-order valence-electron chi connectivity index (χ1n) is 6.88. The fourth-order valence-corrected chi connectivity index (χ4v) is 2.28. The predicted molar refractivity (Wildman–Crippen MR) is 77.9 cm³/mol. The van der Waals surface area contributed by atoms with Gasteiger partial charge in [0.05, 0.1) is 0 Å². The number of nitrogens with zero attached hydrogens (tertiary/aromatic N) is 1. The van der Waals surface area contributed by atoms with Gasteiger partial charge in [-0.05, 0) is 44.5 Å². The van der Waals surface area contributed by atoms with Crippen molar-refractivity contribution >= 4 is 5.69 Å². The number of rotatable bonds is 3. The van der Waals surface area contributed by atoms with E-state index < -0.39 is 0 Å². The lowest BCUT2D eigenvalue weighted by Crippen LogP contribution is -2.29. The van der Waals surface area contributed by atoms with Crippen LogP contribution in [-0.2, 0) is 0 Å². The van der Waals surface area contributed by atoms with Crippen LogP contribution in [0.2, 0.25) is 0 Å². The summed E-state index contributed by atoms with van der Waals surface area (Å²) in [5, 5.41) is 3.11. The minimum atomic E-state index is 0.907. The minimum Gasteiger partial charge on any atom is -0.372 e. The van der Waals surface area contributed by atoms with Crippen LogP contribution in [0.25, 0.3) is 0 Å². The molecule has 1 N–H and O–H groups in total. The molecule has 1 aliphatic heterocycles. The van der Waals surface area contributed by atoms with Crippen molar-refractivity contribution in [2.45, 2.75) is 25.7 Å². The van der Waals surface area contributed by atoms with Gasteiger partial charge < -0.3 is 10.2 Å². The Kier molecular flexibility index (Phi) is 5.11. The fourth-order valence-electron chi connectivity index (χ4n) is 2.28. The summed E-state index contributed by atoms with van der Waals surface area (Å²) in [6, 6.07) is 8.63. The third-order valence-corrected chi connectivity index (χ3v) is 3.30. The van der Waals surface area contributed by atoms with E-state index in [0.29, 0.717) is 0 Å². The lowest BCUT2D eigenvalue weighted by molar-refractivity contribution is 0.578. The first-order chi connectivity index (χ1) is 8.90. The molecule has 1 aliphatic rings. The first-order valence-corrected chi connectivity index (χ1v) is 6.88. The van der Waals surface area contributed by atoms with E-state index >= 15 is 0 Å². The lowest BCUT2D eigenvalue weighted by Gasteiger charge is -2.28. The zero-order valence-electron chi connectivity index (χ0n) is 11.2. The maximum absolute atomic E-state index is 3.24. The highest BCUT2D eigenvalue weighted by Crippen LogP contribution is 2.20. The number of benzene rings is 1. The molecule has 0 radical (unpaired) electrons. The van der Waals surface area contributed by atoms with Gasteiger partial charge in [-0.3, -0.25) is 0 Å². The normalized spacial score (nSPS) is 15.1. The molecular formula is C16H22N2. The van der Waals surface area contributed by atoms with Crippen molar-refractivity contribution < 1.29 is 0 Å². The average molecular weight is 242 g/mol. The molecule has 0 spiro atoms. The van der Waals surface area contributed by atoms with Crippen molar-refractivity contribution in [2.75, 3.05) is 31.6 Å². The van der Waals surface area contributed by atoms with Gasteiger partial charge in [-0.2, -0.15) is 0 Å². The van der Waals surface area contributed by atoms with Gasteiger partial charge in [0.15, 0.2) is 0 Å². The van der Waals surface area contributed by atoms with E-state index in [4.69, 9.17) is 0 Å². The summed E-state index contributed by atoms with van der Waals surface area (Å²) in [4.78, 5) is 2.47. The Balaban J connectivity index is 2.01. The molecule has 0 aliphatic carbocycles. The molecule has 0 bridgehead atoms. The third kappa shape index (κ3) is 3.78. The summed E-state index contributed by atoms with van der Waals surface area (Å²) in [5.41, 5.74) is 2.46. The van der Waals surface area contributed by atoms with E-state index in [0.717, 1.165) is 18.5 Å². The van der Waals surface area contributed by atoms with Crippen LogP contribution in [0.4, 0.5) is 5.69 Å². The van der Waals surface area contributed by atoms with Gasteiger partial charge in [0.1, 0.15) is 0 Å². The van der Waals surface area contributed by atoms with Crippen molar-refractivity contribution in [1.82, 2.24) is 5.32 Å². The molecule has 2 heteroatoms. The van der Waals surface area contributed by atoms with Crippen molar-refractivity contribution in [3.8, 4) is 11.8 Å². The molecular weight excluding hydrogens is 220 g/mol. The Morgan fingerprint density at radius 3 is 2.83 bits per heavy atom. The van der Waals surface area contributed by atoms with Crippen LogP contribution < -0.4 is 10.2 Å². The summed E-state index contributed by atoms with van der Waals surface area (Å²) >= 11 is 0. The van der Waals surface area contributed by atoms with Crippen LogP contribution in [0, 0.1) is 11.8 Å². The molecule has 1 saturated heterocycles. The van der Waals surface area contributed by atoms with Gasteiger partial charge in [-0.25, -0.2) is 0 Å². The van der Waals surface area contributed by atoms with Gasteiger partial charge in [0.25, 0.3) is 0 Å². The molecule has 2 rings (SSSR count). The summed E-state index contributed by atoms with van der Waals surface area (Å²) in [6.07, 6.45) is 4.92. The largest absolute Gasteiger partial charge is 0.372 e. The second-order valence-electron chi connectivity index (χ2n) is 4.75. The summed E-state index contributed by atoms with van der Waals surface area (Å²) in [6.45, 7) is 3.34. The molecule has 0 atom stereocenters. The van der Waals surface area contributed by atoms with Crippen molar-refractivity contribution in [1.29, 1.82) is 0 Å². The van der Waals surface area contributed by atoms with Gasteiger partial charge in [0.2, 0.25) is 0 Å². The molecule has 0 saturated carbocycles.